The number of nitrogens with zero attached hydrogens (tertiary/aromatic N) is 1. The summed E-state index contributed by atoms with van der Waals surface area (Å²) >= 11 is 0. The van der Waals surface area contributed by atoms with Crippen LogP contribution in [0.3, 0.4) is 0 Å². The summed E-state index contributed by atoms with van der Waals surface area (Å²) in [5, 5.41) is -0.301. The Morgan fingerprint density at radius 3 is 2.16 bits per heavy atom. The smallest absolute Gasteiger partial charge is 0.153 e. The van der Waals surface area contributed by atoms with Gasteiger partial charge in [-0.25, -0.2) is 8.42 Å². The van der Waals surface area contributed by atoms with Crippen LogP contribution in [0.25, 0.3) is 0 Å². The Labute approximate surface area is 116 Å². The van der Waals surface area contributed by atoms with E-state index in [-0.39, 0.29) is 11.0 Å². The van der Waals surface area contributed by atoms with Crippen LogP contribution in [0.2, 0.25) is 0 Å². The summed E-state index contributed by atoms with van der Waals surface area (Å²) in [5.41, 5.74) is 7.82. The molecular weight excluding hydrogens is 260 g/mol. The molecular formula is C14H24N2O2S. The number of benzene rings is 1. The fourth-order valence-electron chi connectivity index (χ4n) is 1.69. The summed E-state index contributed by atoms with van der Waals surface area (Å²) in [6.07, 6.45) is 0. The third-order valence-corrected chi connectivity index (χ3v) is 5.38. The third kappa shape index (κ3) is 5.30. The van der Waals surface area contributed by atoms with Gasteiger partial charge in [-0.3, -0.25) is 0 Å². The minimum Gasteiger partial charge on any atom is -0.326 e. The van der Waals surface area contributed by atoms with E-state index in [4.69, 9.17) is 5.73 Å². The predicted octanol–water partition coefficient (Wildman–Crippen LogP) is 1.40. The molecule has 0 aliphatic rings. The van der Waals surface area contributed by atoms with Crippen molar-refractivity contribution < 1.29 is 8.42 Å². The Morgan fingerprint density at radius 1 is 1.16 bits per heavy atom. The summed E-state index contributed by atoms with van der Waals surface area (Å²) in [5.74, 6) is 0.210. The molecule has 0 saturated carbocycles. The third-order valence-electron chi connectivity index (χ3n) is 3.19. The second-order valence-electron chi connectivity index (χ2n) is 5.17. The molecule has 0 aliphatic carbocycles. The van der Waals surface area contributed by atoms with Crippen LogP contribution in [-0.4, -0.2) is 37.9 Å². The van der Waals surface area contributed by atoms with E-state index >= 15 is 0 Å². The van der Waals surface area contributed by atoms with Crippen molar-refractivity contribution in [3.63, 3.8) is 0 Å². The minimum absolute atomic E-state index is 0.210. The maximum absolute atomic E-state index is 11.7. The molecule has 5 heteroatoms. The van der Waals surface area contributed by atoms with Gasteiger partial charge >= 0.3 is 0 Å². The number of rotatable bonds is 7. The molecule has 0 aliphatic heterocycles. The summed E-state index contributed by atoms with van der Waals surface area (Å²) < 4.78 is 23.5. The van der Waals surface area contributed by atoms with Crippen molar-refractivity contribution in [2.24, 2.45) is 5.73 Å². The molecule has 0 radical (unpaired) electrons. The molecule has 2 N–H and O–H groups in total. The number of nitrogens with two attached hydrogens (primary N) is 1. The molecule has 0 aromatic heterocycles. The lowest BCUT2D eigenvalue weighted by Crippen LogP contribution is -2.28. The molecule has 19 heavy (non-hydrogen) atoms. The predicted molar refractivity (Wildman–Crippen MR) is 79.6 cm³/mol. The molecule has 0 unspecified atom stereocenters. The van der Waals surface area contributed by atoms with E-state index in [9.17, 15) is 8.42 Å². The number of hydrogen-bond donors (Lipinski definition) is 1. The molecule has 0 atom stereocenters. The van der Waals surface area contributed by atoms with Crippen molar-refractivity contribution in [3.05, 3.63) is 35.4 Å². The van der Waals surface area contributed by atoms with Gasteiger partial charge in [0.25, 0.3) is 0 Å². The monoisotopic (exact) mass is 284 g/mol. The van der Waals surface area contributed by atoms with Crippen LogP contribution in [0.4, 0.5) is 0 Å². The molecule has 1 aromatic rings. The molecule has 0 spiro atoms. The molecule has 108 valence electrons. The van der Waals surface area contributed by atoms with Crippen molar-refractivity contribution in [1.29, 1.82) is 0 Å². The minimum atomic E-state index is -2.95. The van der Waals surface area contributed by atoms with Gasteiger partial charge in [0.05, 0.1) is 11.0 Å². The van der Waals surface area contributed by atoms with Gasteiger partial charge in [-0.05, 0) is 32.0 Å². The van der Waals surface area contributed by atoms with Crippen molar-refractivity contribution >= 4 is 9.84 Å². The highest BCUT2D eigenvalue weighted by Gasteiger charge is 2.16. The molecule has 0 heterocycles. The first-order valence-corrected chi connectivity index (χ1v) is 8.24. The molecule has 0 fully saturated rings. The summed E-state index contributed by atoms with van der Waals surface area (Å²) in [6.45, 7) is 5.29. The fourth-order valence-corrected chi connectivity index (χ4v) is 2.73. The highest BCUT2D eigenvalue weighted by Crippen LogP contribution is 2.07. The van der Waals surface area contributed by atoms with Crippen LogP contribution in [-0.2, 0) is 22.9 Å². The van der Waals surface area contributed by atoms with E-state index in [0.717, 1.165) is 12.1 Å². The highest BCUT2D eigenvalue weighted by atomic mass is 32.2. The van der Waals surface area contributed by atoms with Gasteiger partial charge in [0, 0.05) is 19.6 Å². The molecule has 0 bridgehead atoms. The Balaban J connectivity index is 2.49. The Bertz CT molecular complexity index is 481. The van der Waals surface area contributed by atoms with Crippen LogP contribution in [0.15, 0.2) is 24.3 Å². The average Bonchev–Trinajstić information content (AvgIpc) is 2.37. The summed E-state index contributed by atoms with van der Waals surface area (Å²) in [7, 11) is -1.02. The van der Waals surface area contributed by atoms with Crippen LogP contribution >= 0.6 is 0 Å². The first kappa shape index (κ1) is 16.1. The molecule has 0 amide bonds. The lowest BCUT2D eigenvalue weighted by atomic mass is 10.1. The zero-order chi connectivity index (χ0) is 14.5. The second kappa shape index (κ2) is 7.03. The summed E-state index contributed by atoms with van der Waals surface area (Å²) in [6, 6.07) is 8.09. The van der Waals surface area contributed by atoms with Crippen molar-refractivity contribution in [1.82, 2.24) is 4.90 Å². The highest BCUT2D eigenvalue weighted by molar-refractivity contribution is 7.92. The van der Waals surface area contributed by atoms with Crippen molar-refractivity contribution in [2.45, 2.75) is 32.2 Å². The maximum Gasteiger partial charge on any atom is 0.153 e. The molecule has 4 nitrogen and oxygen atoms in total. The van der Waals surface area contributed by atoms with Crippen molar-refractivity contribution in [2.75, 3.05) is 19.3 Å². The van der Waals surface area contributed by atoms with Crippen LogP contribution in [0.5, 0.6) is 0 Å². The number of hydrogen-bond acceptors (Lipinski definition) is 4. The normalized spacial score (nSPS) is 12.3. The topological polar surface area (TPSA) is 63.4 Å². The van der Waals surface area contributed by atoms with Gasteiger partial charge in [0.15, 0.2) is 9.84 Å². The molecule has 1 rings (SSSR count). The molecule has 1 aromatic carbocycles. The van der Waals surface area contributed by atoms with E-state index in [1.165, 1.54) is 5.56 Å². The first-order valence-electron chi connectivity index (χ1n) is 6.53. The van der Waals surface area contributed by atoms with Gasteiger partial charge in [-0.15, -0.1) is 0 Å². The van der Waals surface area contributed by atoms with Gasteiger partial charge in [-0.2, -0.15) is 0 Å². The van der Waals surface area contributed by atoms with E-state index in [1.807, 2.05) is 36.2 Å². The van der Waals surface area contributed by atoms with Crippen LogP contribution in [0, 0.1) is 0 Å². The maximum atomic E-state index is 11.7. The number of sulfone groups is 1. The lowest BCUT2D eigenvalue weighted by Gasteiger charge is -2.17. The average molecular weight is 284 g/mol. The zero-order valence-electron chi connectivity index (χ0n) is 12.0. The second-order valence-corrected chi connectivity index (χ2v) is 7.85. The van der Waals surface area contributed by atoms with E-state index < -0.39 is 9.84 Å². The lowest BCUT2D eigenvalue weighted by molar-refractivity contribution is 0.346. The first-order chi connectivity index (χ1) is 8.85. The Hall–Kier alpha value is -0.910. The van der Waals surface area contributed by atoms with E-state index in [0.29, 0.717) is 13.1 Å². The van der Waals surface area contributed by atoms with Crippen LogP contribution in [0.1, 0.15) is 25.0 Å². The Morgan fingerprint density at radius 2 is 1.68 bits per heavy atom. The van der Waals surface area contributed by atoms with Gasteiger partial charge in [0.1, 0.15) is 0 Å². The van der Waals surface area contributed by atoms with Crippen LogP contribution < -0.4 is 5.73 Å². The van der Waals surface area contributed by atoms with Crippen molar-refractivity contribution in [3.8, 4) is 0 Å². The summed E-state index contributed by atoms with van der Waals surface area (Å²) in [4.78, 5) is 2.03. The fraction of sp³-hybridized carbons (Fsp3) is 0.571. The van der Waals surface area contributed by atoms with Gasteiger partial charge in [-0.1, -0.05) is 24.3 Å². The standard InChI is InChI=1S/C14H24N2O2S/c1-12(2)19(17,18)9-8-16(3)11-14-6-4-13(10-15)5-7-14/h4-7,12H,8-11,15H2,1-3H3. The van der Waals surface area contributed by atoms with Gasteiger partial charge < -0.3 is 10.6 Å². The largest absolute Gasteiger partial charge is 0.326 e. The molecule has 0 saturated heterocycles. The van der Waals surface area contributed by atoms with E-state index in [1.54, 1.807) is 13.8 Å². The zero-order valence-corrected chi connectivity index (χ0v) is 12.8. The SMILES string of the molecule is CC(C)S(=O)(=O)CCN(C)Cc1ccc(CN)cc1. The Kier molecular flexibility index (Phi) is 5.97. The quantitative estimate of drug-likeness (QED) is 0.822. The van der Waals surface area contributed by atoms with E-state index in [2.05, 4.69) is 0 Å². The van der Waals surface area contributed by atoms with Gasteiger partial charge in [0.2, 0.25) is 0 Å².